The molecule has 0 saturated heterocycles. The summed E-state index contributed by atoms with van der Waals surface area (Å²) in [7, 11) is 3.19. The summed E-state index contributed by atoms with van der Waals surface area (Å²) in [6.07, 6.45) is 3.20. The Hall–Kier alpha value is -3.87. The number of aromatic nitrogens is 3. The van der Waals surface area contributed by atoms with E-state index < -0.39 is 0 Å². The van der Waals surface area contributed by atoms with Crippen LogP contribution in [0.3, 0.4) is 0 Å². The number of hydrogen-bond donors (Lipinski definition) is 1. The van der Waals surface area contributed by atoms with Crippen LogP contribution in [-0.4, -0.2) is 29.2 Å². The Labute approximate surface area is 162 Å². The maximum absolute atomic E-state index is 5.71. The molecule has 0 aliphatic rings. The number of pyridine rings is 1. The van der Waals surface area contributed by atoms with Crippen LogP contribution < -0.4 is 19.5 Å². The Morgan fingerprint density at radius 1 is 0.821 bits per heavy atom. The number of anilines is 2. The summed E-state index contributed by atoms with van der Waals surface area (Å²) in [6, 6.07) is 16.8. The molecule has 0 radical (unpaired) electrons. The molecule has 0 amide bonds. The van der Waals surface area contributed by atoms with Gasteiger partial charge in [-0.15, -0.1) is 0 Å². The summed E-state index contributed by atoms with van der Waals surface area (Å²) < 4.78 is 16.4. The van der Waals surface area contributed by atoms with Gasteiger partial charge in [-0.2, -0.15) is 0 Å². The van der Waals surface area contributed by atoms with Gasteiger partial charge >= 0.3 is 0 Å². The molecule has 140 valence electrons. The monoisotopic (exact) mass is 374 g/mol. The van der Waals surface area contributed by atoms with Crippen molar-refractivity contribution in [3.05, 3.63) is 67.1 Å². The minimum atomic E-state index is 0.547. The molecule has 0 saturated carbocycles. The highest BCUT2D eigenvalue weighted by atomic mass is 16.5. The van der Waals surface area contributed by atoms with Crippen molar-refractivity contribution in [3.8, 4) is 23.1 Å². The Morgan fingerprint density at radius 3 is 2.32 bits per heavy atom. The lowest BCUT2D eigenvalue weighted by molar-refractivity contribution is 0.356. The van der Waals surface area contributed by atoms with E-state index in [1.807, 2.05) is 48.5 Å². The van der Waals surface area contributed by atoms with Crippen molar-refractivity contribution >= 4 is 22.4 Å². The third-order valence-electron chi connectivity index (χ3n) is 4.12. The molecule has 28 heavy (non-hydrogen) atoms. The second kappa shape index (κ2) is 7.79. The average molecular weight is 374 g/mol. The number of rotatable bonds is 6. The Bertz CT molecular complexity index is 1090. The van der Waals surface area contributed by atoms with Gasteiger partial charge in [0.05, 0.1) is 19.7 Å². The van der Waals surface area contributed by atoms with Crippen LogP contribution in [0.5, 0.6) is 23.1 Å². The molecular weight excluding hydrogens is 356 g/mol. The zero-order chi connectivity index (χ0) is 19.3. The van der Waals surface area contributed by atoms with Gasteiger partial charge in [0.2, 0.25) is 5.88 Å². The summed E-state index contributed by atoms with van der Waals surface area (Å²) in [5.41, 5.74) is 1.62. The highest BCUT2D eigenvalue weighted by molar-refractivity contribution is 5.93. The predicted octanol–water partition coefficient (Wildman–Crippen LogP) is 4.58. The van der Waals surface area contributed by atoms with E-state index in [1.54, 1.807) is 26.5 Å². The molecule has 0 fully saturated rings. The van der Waals surface area contributed by atoms with Crippen LogP contribution in [0.2, 0.25) is 0 Å². The van der Waals surface area contributed by atoms with Crippen LogP contribution in [0.25, 0.3) is 10.9 Å². The van der Waals surface area contributed by atoms with Gasteiger partial charge in [-0.3, -0.25) is 0 Å². The van der Waals surface area contributed by atoms with E-state index in [1.165, 1.54) is 6.33 Å². The van der Waals surface area contributed by atoms with Crippen LogP contribution >= 0.6 is 0 Å². The predicted molar refractivity (Wildman–Crippen MR) is 107 cm³/mol. The van der Waals surface area contributed by atoms with Crippen molar-refractivity contribution in [2.45, 2.75) is 0 Å². The van der Waals surface area contributed by atoms with Gasteiger partial charge in [0.25, 0.3) is 0 Å². The first-order valence-corrected chi connectivity index (χ1v) is 8.59. The van der Waals surface area contributed by atoms with Gasteiger partial charge in [0.15, 0.2) is 11.5 Å². The van der Waals surface area contributed by atoms with E-state index in [0.29, 0.717) is 28.9 Å². The van der Waals surface area contributed by atoms with Crippen molar-refractivity contribution in [1.82, 2.24) is 15.0 Å². The summed E-state index contributed by atoms with van der Waals surface area (Å²) in [5.74, 6) is 3.15. The van der Waals surface area contributed by atoms with E-state index in [2.05, 4.69) is 20.3 Å². The summed E-state index contributed by atoms with van der Waals surface area (Å²) in [5, 5.41) is 4.14. The molecule has 7 nitrogen and oxygen atoms in total. The summed E-state index contributed by atoms with van der Waals surface area (Å²) >= 11 is 0. The van der Waals surface area contributed by atoms with Crippen molar-refractivity contribution < 1.29 is 14.2 Å². The van der Waals surface area contributed by atoms with Gasteiger partial charge in [-0.05, 0) is 36.4 Å². The zero-order valence-corrected chi connectivity index (χ0v) is 15.4. The second-order valence-electron chi connectivity index (χ2n) is 5.87. The van der Waals surface area contributed by atoms with E-state index in [-0.39, 0.29) is 0 Å². The van der Waals surface area contributed by atoms with Gasteiger partial charge in [0.1, 0.15) is 17.9 Å². The van der Waals surface area contributed by atoms with Gasteiger partial charge in [0, 0.05) is 29.4 Å². The van der Waals surface area contributed by atoms with Crippen LogP contribution in [0.15, 0.2) is 67.1 Å². The first-order chi connectivity index (χ1) is 13.8. The number of nitrogens with one attached hydrogen (secondary N) is 1. The molecule has 4 rings (SSSR count). The third kappa shape index (κ3) is 3.64. The lowest BCUT2D eigenvalue weighted by Gasteiger charge is -2.12. The lowest BCUT2D eigenvalue weighted by atomic mass is 10.2. The number of hydrogen-bond acceptors (Lipinski definition) is 7. The molecule has 0 bridgehead atoms. The van der Waals surface area contributed by atoms with E-state index in [0.717, 1.165) is 16.6 Å². The van der Waals surface area contributed by atoms with Gasteiger partial charge in [-0.1, -0.05) is 6.07 Å². The zero-order valence-electron chi connectivity index (χ0n) is 15.4. The van der Waals surface area contributed by atoms with Crippen LogP contribution in [-0.2, 0) is 0 Å². The molecular formula is C21H18N4O3. The summed E-state index contributed by atoms with van der Waals surface area (Å²) in [4.78, 5) is 12.8. The minimum absolute atomic E-state index is 0.547. The molecule has 1 N–H and O–H groups in total. The van der Waals surface area contributed by atoms with E-state index in [4.69, 9.17) is 14.2 Å². The molecule has 0 aliphatic carbocycles. The maximum Gasteiger partial charge on any atom is 0.219 e. The van der Waals surface area contributed by atoms with Crippen molar-refractivity contribution in [1.29, 1.82) is 0 Å². The van der Waals surface area contributed by atoms with Crippen LogP contribution in [0.4, 0.5) is 11.5 Å². The molecule has 0 unspecified atom stereocenters. The molecule has 2 aromatic carbocycles. The topological polar surface area (TPSA) is 78.4 Å². The van der Waals surface area contributed by atoms with Crippen LogP contribution in [0, 0.1) is 0 Å². The minimum Gasteiger partial charge on any atom is -0.493 e. The van der Waals surface area contributed by atoms with Gasteiger partial charge in [-0.25, -0.2) is 15.0 Å². The Morgan fingerprint density at radius 2 is 1.61 bits per heavy atom. The van der Waals surface area contributed by atoms with E-state index >= 15 is 0 Å². The quantitative estimate of drug-likeness (QED) is 0.529. The van der Waals surface area contributed by atoms with Crippen molar-refractivity contribution in [2.75, 3.05) is 19.5 Å². The molecule has 2 aromatic heterocycles. The smallest absolute Gasteiger partial charge is 0.219 e. The highest BCUT2D eigenvalue weighted by Gasteiger charge is 2.11. The number of fused-ring (bicyclic) bond motifs is 1. The normalized spacial score (nSPS) is 10.5. The molecule has 7 heteroatoms. The fourth-order valence-electron chi connectivity index (χ4n) is 2.75. The Balaban J connectivity index is 1.59. The van der Waals surface area contributed by atoms with E-state index in [9.17, 15) is 0 Å². The van der Waals surface area contributed by atoms with Crippen molar-refractivity contribution in [3.63, 3.8) is 0 Å². The molecule has 0 atom stereocenters. The highest BCUT2D eigenvalue weighted by Crippen LogP contribution is 2.34. The third-order valence-corrected chi connectivity index (χ3v) is 4.12. The average Bonchev–Trinajstić information content (AvgIpc) is 2.75. The molecule has 4 aromatic rings. The first-order valence-electron chi connectivity index (χ1n) is 8.59. The fraction of sp³-hybridized carbons (Fsp3) is 0.0952. The number of benzene rings is 2. The lowest BCUT2D eigenvalue weighted by Crippen LogP contribution is -1.98. The van der Waals surface area contributed by atoms with Crippen molar-refractivity contribution in [2.24, 2.45) is 0 Å². The standard InChI is InChI=1S/C21H18N4O3/c1-26-18-11-16-17(12-19(18)27-2)23-13-24-21(16)25-14-6-8-15(9-7-14)28-20-5-3-4-10-22-20/h3-13H,1-2H3,(H,23,24,25). The molecule has 2 heterocycles. The number of methoxy groups -OCH3 is 2. The number of ether oxygens (including phenoxy) is 3. The SMILES string of the molecule is COc1cc2ncnc(Nc3ccc(Oc4ccccn4)cc3)c2cc1OC. The maximum atomic E-state index is 5.71. The first kappa shape index (κ1) is 17.5. The second-order valence-corrected chi connectivity index (χ2v) is 5.87. The Kier molecular flexibility index (Phi) is 4.88. The number of nitrogens with zero attached hydrogens (tertiary/aromatic N) is 3. The fourth-order valence-corrected chi connectivity index (χ4v) is 2.75. The molecule has 0 spiro atoms. The van der Waals surface area contributed by atoms with Gasteiger partial charge < -0.3 is 19.5 Å². The molecule has 0 aliphatic heterocycles. The summed E-state index contributed by atoms with van der Waals surface area (Å²) in [6.45, 7) is 0. The largest absolute Gasteiger partial charge is 0.493 e. The van der Waals surface area contributed by atoms with Crippen LogP contribution in [0.1, 0.15) is 0 Å².